The van der Waals surface area contributed by atoms with Crippen molar-refractivity contribution in [2.24, 2.45) is 5.73 Å². The highest BCUT2D eigenvalue weighted by atomic mass is 16.2. The molecule has 0 spiro atoms. The molecule has 0 aliphatic carbocycles. The van der Waals surface area contributed by atoms with Gasteiger partial charge in [0.1, 0.15) is 0 Å². The minimum absolute atomic E-state index is 0.132. The molecule has 1 atom stereocenters. The Bertz CT molecular complexity index is 255. The summed E-state index contributed by atoms with van der Waals surface area (Å²) >= 11 is 0. The third-order valence-electron chi connectivity index (χ3n) is 1.61. The van der Waals surface area contributed by atoms with Crippen LogP contribution in [0.3, 0.4) is 0 Å². The smallest absolute Gasteiger partial charge is 0.236 e. The van der Waals surface area contributed by atoms with Gasteiger partial charge in [-0.3, -0.25) is 9.48 Å². The molecule has 0 aliphatic heterocycles. The van der Waals surface area contributed by atoms with Crippen molar-refractivity contribution in [1.82, 2.24) is 15.1 Å². The highest BCUT2D eigenvalue weighted by Crippen LogP contribution is 1.83. The van der Waals surface area contributed by atoms with E-state index in [1.54, 1.807) is 17.8 Å². The molecule has 5 heteroatoms. The van der Waals surface area contributed by atoms with Gasteiger partial charge in [0.2, 0.25) is 5.91 Å². The van der Waals surface area contributed by atoms with Gasteiger partial charge < -0.3 is 11.1 Å². The number of hydrogen-bond acceptors (Lipinski definition) is 3. The Balaban J connectivity index is 2.18. The largest absolute Gasteiger partial charge is 0.353 e. The van der Waals surface area contributed by atoms with E-state index in [9.17, 15) is 4.79 Å². The predicted molar refractivity (Wildman–Crippen MR) is 48.9 cm³/mol. The van der Waals surface area contributed by atoms with Crippen LogP contribution in [-0.2, 0) is 11.3 Å². The third-order valence-corrected chi connectivity index (χ3v) is 1.61. The lowest BCUT2D eigenvalue weighted by Crippen LogP contribution is -2.39. The first-order chi connectivity index (χ1) is 6.20. The molecular formula is C8H14N4O. The van der Waals surface area contributed by atoms with Crippen LogP contribution in [0, 0.1) is 0 Å². The zero-order valence-corrected chi connectivity index (χ0v) is 7.60. The fourth-order valence-corrected chi connectivity index (χ4v) is 0.887. The van der Waals surface area contributed by atoms with Crippen LogP contribution in [0.1, 0.15) is 6.92 Å². The molecule has 1 aromatic rings. The van der Waals surface area contributed by atoms with Gasteiger partial charge in [0, 0.05) is 18.9 Å². The minimum Gasteiger partial charge on any atom is -0.353 e. The van der Waals surface area contributed by atoms with Crippen LogP contribution in [0.2, 0.25) is 0 Å². The molecule has 13 heavy (non-hydrogen) atoms. The number of amides is 1. The molecule has 0 saturated carbocycles. The topological polar surface area (TPSA) is 72.9 Å². The molecule has 0 unspecified atom stereocenters. The number of aromatic nitrogens is 2. The first-order valence-electron chi connectivity index (χ1n) is 4.21. The molecule has 0 aromatic carbocycles. The average molecular weight is 182 g/mol. The summed E-state index contributed by atoms with van der Waals surface area (Å²) in [6.07, 6.45) is 3.55. The van der Waals surface area contributed by atoms with Gasteiger partial charge in [-0.1, -0.05) is 0 Å². The maximum absolute atomic E-state index is 11.0. The van der Waals surface area contributed by atoms with Gasteiger partial charge in [0.15, 0.2) is 0 Å². The van der Waals surface area contributed by atoms with Gasteiger partial charge in [0.05, 0.1) is 12.6 Å². The Morgan fingerprint density at radius 2 is 2.54 bits per heavy atom. The van der Waals surface area contributed by atoms with E-state index in [0.717, 1.165) is 0 Å². The molecule has 1 aromatic heterocycles. The first-order valence-corrected chi connectivity index (χ1v) is 4.21. The van der Waals surface area contributed by atoms with Crippen molar-refractivity contribution in [2.45, 2.75) is 19.5 Å². The van der Waals surface area contributed by atoms with E-state index in [-0.39, 0.29) is 5.91 Å². The second-order valence-corrected chi connectivity index (χ2v) is 2.85. The second kappa shape index (κ2) is 4.61. The van der Waals surface area contributed by atoms with E-state index in [0.29, 0.717) is 13.1 Å². The number of carbonyl (C=O) groups is 1. The quantitative estimate of drug-likeness (QED) is 0.649. The molecular weight excluding hydrogens is 168 g/mol. The van der Waals surface area contributed by atoms with E-state index < -0.39 is 6.04 Å². The zero-order valence-electron chi connectivity index (χ0n) is 7.60. The van der Waals surface area contributed by atoms with Crippen molar-refractivity contribution in [3.8, 4) is 0 Å². The zero-order chi connectivity index (χ0) is 9.68. The standard InChI is InChI=1S/C8H14N4O/c1-7(9)8(13)10-4-6-12-5-2-3-11-12/h2-3,5,7H,4,6,9H2,1H3,(H,10,13)/t7-/m0/s1. The van der Waals surface area contributed by atoms with Crippen LogP contribution in [0.5, 0.6) is 0 Å². The van der Waals surface area contributed by atoms with E-state index in [1.807, 2.05) is 12.3 Å². The van der Waals surface area contributed by atoms with Crippen molar-refractivity contribution in [3.05, 3.63) is 18.5 Å². The highest BCUT2D eigenvalue weighted by molar-refractivity contribution is 5.80. The Hall–Kier alpha value is -1.36. The lowest BCUT2D eigenvalue weighted by Gasteiger charge is -2.07. The summed E-state index contributed by atoms with van der Waals surface area (Å²) in [4.78, 5) is 11.0. The van der Waals surface area contributed by atoms with E-state index in [4.69, 9.17) is 5.73 Å². The van der Waals surface area contributed by atoms with E-state index in [2.05, 4.69) is 10.4 Å². The van der Waals surface area contributed by atoms with Gasteiger partial charge in [-0.15, -0.1) is 0 Å². The Kier molecular flexibility index (Phi) is 3.45. The molecule has 5 nitrogen and oxygen atoms in total. The number of nitrogens with one attached hydrogen (secondary N) is 1. The van der Waals surface area contributed by atoms with Gasteiger partial charge in [-0.25, -0.2) is 0 Å². The highest BCUT2D eigenvalue weighted by Gasteiger charge is 2.04. The fraction of sp³-hybridized carbons (Fsp3) is 0.500. The van der Waals surface area contributed by atoms with Crippen LogP contribution >= 0.6 is 0 Å². The minimum atomic E-state index is -0.447. The molecule has 1 amide bonds. The summed E-state index contributed by atoms with van der Waals surface area (Å²) in [5, 5.41) is 6.69. The third kappa shape index (κ3) is 3.25. The molecule has 0 saturated heterocycles. The molecule has 0 fully saturated rings. The molecule has 1 heterocycles. The number of hydrogen-bond donors (Lipinski definition) is 2. The SMILES string of the molecule is C[C@H](N)C(=O)NCCn1cccn1. The summed E-state index contributed by atoms with van der Waals surface area (Å²) < 4.78 is 1.75. The average Bonchev–Trinajstić information content (AvgIpc) is 2.56. The molecule has 0 aliphatic rings. The Morgan fingerprint density at radius 3 is 3.08 bits per heavy atom. The number of nitrogens with zero attached hydrogens (tertiary/aromatic N) is 2. The van der Waals surface area contributed by atoms with Crippen LogP contribution < -0.4 is 11.1 Å². The lowest BCUT2D eigenvalue weighted by atomic mass is 10.3. The number of rotatable bonds is 4. The Morgan fingerprint density at radius 1 is 1.77 bits per heavy atom. The van der Waals surface area contributed by atoms with E-state index in [1.165, 1.54) is 0 Å². The van der Waals surface area contributed by atoms with Crippen LogP contribution in [0.4, 0.5) is 0 Å². The van der Waals surface area contributed by atoms with Crippen molar-refractivity contribution in [1.29, 1.82) is 0 Å². The normalized spacial score (nSPS) is 12.5. The molecule has 0 bridgehead atoms. The summed E-state index contributed by atoms with van der Waals surface area (Å²) in [5.41, 5.74) is 5.36. The molecule has 0 radical (unpaired) electrons. The monoisotopic (exact) mass is 182 g/mol. The number of carbonyl (C=O) groups excluding carboxylic acids is 1. The van der Waals surface area contributed by atoms with Gasteiger partial charge in [-0.2, -0.15) is 5.10 Å². The first kappa shape index (κ1) is 9.73. The Labute approximate surface area is 76.9 Å². The summed E-state index contributed by atoms with van der Waals surface area (Å²) in [5.74, 6) is -0.132. The fourth-order valence-electron chi connectivity index (χ4n) is 0.887. The van der Waals surface area contributed by atoms with Gasteiger partial charge in [0.25, 0.3) is 0 Å². The van der Waals surface area contributed by atoms with Gasteiger partial charge >= 0.3 is 0 Å². The van der Waals surface area contributed by atoms with Crippen molar-refractivity contribution in [3.63, 3.8) is 0 Å². The molecule has 1 rings (SSSR count). The lowest BCUT2D eigenvalue weighted by molar-refractivity contribution is -0.122. The summed E-state index contributed by atoms with van der Waals surface area (Å²) in [6.45, 7) is 2.89. The van der Waals surface area contributed by atoms with Crippen LogP contribution in [-0.4, -0.2) is 28.3 Å². The maximum atomic E-state index is 11.0. The van der Waals surface area contributed by atoms with Crippen LogP contribution in [0.25, 0.3) is 0 Å². The van der Waals surface area contributed by atoms with Crippen LogP contribution in [0.15, 0.2) is 18.5 Å². The van der Waals surface area contributed by atoms with Gasteiger partial charge in [-0.05, 0) is 13.0 Å². The van der Waals surface area contributed by atoms with Crippen molar-refractivity contribution < 1.29 is 4.79 Å². The predicted octanol–water partition coefficient (Wildman–Crippen LogP) is -0.653. The van der Waals surface area contributed by atoms with Crippen molar-refractivity contribution in [2.75, 3.05) is 6.54 Å². The summed E-state index contributed by atoms with van der Waals surface area (Å²) in [7, 11) is 0. The van der Waals surface area contributed by atoms with Crippen molar-refractivity contribution >= 4 is 5.91 Å². The summed E-state index contributed by atoms with van der Waals surface area (Å²) in [6, 6.07) is 1.39. The molecule has 72 valence electrons. The van der Waals surface area contributed by atoms with E-state index >= 15 is 0 Å². The number of nitrogens with two attached hydrogens (primary N) is 1. The molecule has 3 N–H and O–H groups in total. The maximum Gasteiger partial charge on any atom is 0.236 e. The second-order valence-electron chi connectivity index (χ2n) is 2.85.